The van der Waals surface area contributed by atoms with E-state index in [1.54, 1.807) is 25.3 Å². The average molecular weight is 545 g/mol. The number of ether oxygens (including phenoxy) is 1. The van der Waals surface area contributed by atoms with E-state index in [0.717, 1.165) is 56.2 Å². The molecule has 0 spiro atoms. The van der Waals surface area contributed by atoms with Crippen LogP contribution in [0.15, 0.2) is 59.4 Å². The van der Waals surface area contributed by atoms with Crippen molar-refractivity contribution in [2.75, 3.05) is 44.8 Å². The maximum atomic E-state index is 13.6. The fourth-order valence-corrected chi connectivity index (χ4v) is 5.63. The van der Waals surface area contributed by atoms with Crippen molar-refractivity contribution in [2.24, 2.45) is 5.41 Å². The molecular formula is C31H36N4O3S. The van der Waals surface area contributed by atoms with Crippen LogP contribution >= 0.6 is 11.3 Å². The molecule has 0 bridgehead atoms. The predicted molar refractivity (Wildman–Crippen MR) is 158 cm³/mol. The van der Waals surface area contributed by atoms with Gasteiger partial charge in [-0.3, -0.25) is 19.1 Å². The van der Waals surface area contributed by atoms with E-state index in [9.17, 15) is 14.9 Å². The third kappa shape index (κ3) is 6.93. The summed E-state index contributed by atoms with van der Waals surface area (Å²) in [5.41, 5.74) is 2.15. The van der Waals surface area contributed by atoms with Gasteiger partial charge in [-0.15, -0.1) is 11.3 Å². The van der Waals surface area contributed by atoms with Crippen LogP contribution < -0.4 is 19.7 Å². The molecule has 39 heavy (non-hydrogen) atoms. The lowest BCUT2D eigenvalue weighted by Gasteiger charge is -2.26. The number of morpholine rings is 1. The number of benzene rings is 2. The number of nitrogens with zero attached hydrogens (tertiary/aromatic N) is 4. The summed E-state index contributed by atoms with van der Waals surface area (Å²) in [7, 11) is 2.01. The molecule has 1 aliphatic rings. The quantitative estimate of drug-likeness (QED) is 0.432. The molecular weight excluding hydrogens is 508 g/mol. The Labute approximate surface area is 233 Å². The van der Waals surface area contributed by atoms with Crippen LogP contribution in [0.4, 0.5) is 11.4 Å². The van der Waals surface area contributed by atoms with Gasteiger partial charge in [0, 0.05) is 50.0 Å². The molecule has 0 amide bonds. The maximum absolute atomic E-state index is 13.6. The van der Waals surface area contributed by atoms with Crippen molar-refractivity contribution in [2.45, 2.75) is 33.7 Å². The highest BCUT2D eigenvalue weighted by atomic mass is 32.1. The molecule has 0 saturated carbocycles. The average Bonchev–Trinajstić information content (AvgIpc) is 3.24. The van der Waals surface area contributed by atoms with Gasteiger partial charge in [-0.25, -0.2) is 0 Å². The van der Waals surface area contributed by atoms with Gasteiger partial charge in [0.2, 0.25) is 0 Å². The first kappa shape index (κ1) is 28.5. The smallest absolute Gasteiger partial charge is 0.269 e. The Morgan fingerprint density at radius 2 is 1.69 bits per heavy atom. The van der Waals surface area contributed by atoms with Crippen LogP contribution in [-0.4, -0.2) is 55.1 Å². The van der Waals surface area contributed by atoms with Gasteiger partial charge in [-0.2, -0.15) is 5.26 Å². The van der Waals surface area contributed by atoms with Crippen LogP contribution in [0, 0.1) is 16.7 Å². The second-order valence-electron chi connectivity index (χ2n) is 10.7. The number of para-hydroxylation sites is 1. The zero-order valence-corrected chi connectivity index (χ0v) is 24.0. The topological polar surface area (TPSA) is 78.6 Å². The van der Waals surface area contributed by atoms with Crippen LogP contribution in [0.5, 0.6) is 0 Å². The van der Waals surface area contributed by atoms with Crippen molar-refractivity contribution >= 4 is 40.1 Å². The van der Waals surface area contributed by atoms with E-state index in [2.05, 4.69) is 28.0 Å². The summed E-state index contributed by atoms with van der Waals surface area (Å²) in [5.74, 6) is -0.256. The summed E-state index contributed by atoms with van der Waals surface area (Å²) >= 11 is 1.22. The molecule has 1 aliphatic heterocycles. The lowest BCUT2D eigenvalue weighted by molar-refractivity contribution is -0.120. The number of nitriles is 1. The summed E-state index contributed by atoms with van der Waals surface area (Å²) in [6.07, 6.45) is 2.59. The standard InChI is InChI=1S/C31H36N4O3S/c1-31(2,3)28(36)26(22-32)30-35(16-8-15-34-17-19-38-20-18-34)29(37)27(39-30)21-23-11-13-25(14-12-23)33(4)24-9-6-5-7-10-24/h5-7,9-14,21H,8,15-20H2,1-4H3/b27-21+,30-26+. The minimum absolute atomic E-state index is 0.0513. The Kier molecular flexibility index (Phi) is 9.18. The number of ketones is 1. The maximum Gasteiger partial charge on any atom is 0.269 e. The van der Waals surface area contributed by atoms with E-state index in [4.69, 9.17) is 4.74 Å². The fraction of sp³-hybridized carbons (Fsp3) is 0.387. The normalized spacial score (nSPS) is 15.6. The van der Waals surface area contributed by atoms with E-state index in [1.165, 1.54) is 11.3 Å². The van der Waals surface area contributed by atoms with Crippen molar-refractivity contribution < 1.29 is 9.53 Å². The van der Waals surface area contributed by atoms with Gasteiger partial charge in [0.25, 0.3) is 5.56 Å². The highest BCUT2D eigenvalue weighted by Gasteiger charge is 2.27. The van der Waals surface area contributed by atoms with E-state index in [-0.39, 0.29) is 16.9 Å². The zero-order chi connectivity index (χ0) is 28.0. The summed E-state index contributed by atoms with van der Waals surface area (Å²) < 4.78 is 8.00. The molecule has 3 aromatic rings. The van der Waals surface area contributed by atoms with E-state index >= 15 is 0 Å². The van der Waals surface area contributed by atoms with Crippen molar-refractivity contribution in [1.29, 1.82) is 5.26 Å². The molecule has 8 heteroatoms. The summed E-state index contributed by atoms with van der Waals surface area (Å²) in [5, 5.41) is 9.98. The van der Waals surface area contributed by atoms with E-state index in [0.29, 0.717) is 15.7 Å². The van der Waals surface area contributed by atoms with Gasteiger partial charge >= 0.3 is 0 Å². The van der Waals surface area contributed by atoms with Crippen LogP contribution in [0.3, 0.4) is 0 Å². The number of carbonyl (C=O) groups is 1. The van der Waals surface area contributed by atoms with Gasteiger partial charge in [-0.1, -0.05) is 51.1 Å². The second-order valence-corrected chi connectivity index (χ2v) is 11.8. The first-order valence-electron chi connectivity index (χ1n) is 13.3. The van der Waals surface area contributed by atoms with Crippen molar-refractivity contribution in [1.82, 2.24) is 9.47 Å². The SMILES string of the molecule is CN(c1ccccc1)c1ccc(/C=c2/s/c(=C(\C#N)C(=O)C(C)(C)C)n(CCCN3CCOCC3)c2=O)cc1. The first-order chi connectivity index (χ1) is 18.7. The van der Waals surface area contributed by atoms with Crippen LogP contribution in [0.2, 0.25) is 0 Å². The molecule has 0 N–H and O–H groups in total. The molecule has 204 valence electrons. The Morgan fingerprint density at radius 3 is 2.31 bits per heavy atom. The third-order valence-corrected chi connectivity index (χ3v) is 7.95. The number of carbonyl (C=O) groups excluding carboxylic acids is 1. The molecule has 1 saturated heterocycles. The number of hydrogen-bond acceptors (Lipinski definition) is 7. The van der Waals surface area contributed by atoms with E-state index < -0.39 is 5.41 Å². The Bertz CT molecular complexity index is 1500. The van der Waals surface area contributed by atoms with Crippen LogP contribution in [0.25, 0.3) is 11.6 Å². The third-order valence-electron chi connectivity index (χ3n) is 6.82. The minimum Gasteiger partial charge on any atom is -0.379 e. The Hall–Kier alpha value is -3.51. The number of aromatic nitrogens is 1. The molecule has 7 nitrogen and oxygen atoms in total. The van der Waals surface area contributed by atoms with E-state index in [1.807, 2.05) is 55.6 Å². The molecule has 2 heterocycles. The number of anilines is 2. The molecule has 1 aromatic heterocycles. The number of thiazole rings is 1. The predicted octanol–water partition coefficient (Wildman–Crippen LogP) is 3.52. The van der Waals surface area contributed by atoms with Crippen LogP contribution in [0.1, 0.15) is 32.8 Å². The molecule has 2 aromatic carbocycles. The van der Waals surface area contributed by atoms with Crippen molar-refractivity contribution in [3.05, 3.63) is 79.7 Å². The summed E-state index contributed by atoms with van der Waals surface area (Å²) in [6, 6.07) is 20.2. The van der Waals surface area contributed by atoms with Gasteiger partial charge in [0.1, 0.15) is 16.3 Å². The van der Waals surface area contributed by atoms with Crippen molar-refractivity contribution in [3.63, 3.8) is 0 Å². The molecule has 0 atom stereocenters. The molecule has 0 aliphatic carbocycles. The van der Waals surface area contributed by atoms with Gasteiger partial charge in [-0.05, 0) is 42.3 Å². The van der Waals surface area contributed by atoms with Crippen molar-refractivity contribution in [3.8, 4) is 6.07 Å². The first-order valence-corrected chi connectivity index (χ1v) is 14.1. The lowest BCUT2D eigenvalue weighted by Crippen LogP contribution is -2.39. The molecule has 1 fully saturated rings. The van der Waals surface area contributed by atoms with Crippen LogP contribution in [-0.2, 0) is 16.1 Å². The highest BCUT2D eigenvalue weighted by Crippen LogP contribution is 2.23. The largest absolute Gasteiger partial charge is 0.379 e. The summed E-state index contributed by atoms with van der Waals surface area (Å²) in [4.78, 5) is 31.2. The highest BCUT2D eigenvalue weighted by molar-refractivity contribution is 7.07. The lowest BCUT2D eigenvalue weighted by atomic mass is 9.87. The fourth-order valence-electron chi connectivity index (χ4n) is 4.50. The van der Waals surface area contributed by atoms with Gasteiger partial charge in [0.05, 0.1) is 17.7 Å². The Morgan fingerprint density at radius 1 is 1.05 bits per heavy atom. The van der Waals surface area contributed by atoms with Gasteiger partial charge < -0.3 is 9.64 Å². The second kappa shape index (κ2) is 12.6. The zero-order valence-electron chi connectivity index (χ0n) is 23.1. The minimum atomic E-state index is -0.728. The summed E-state index contributed by atoms with van der Waals surface area (Å²) in [6.45, 7) is 9.84. The number of Topliss-reactive ketones (excluding diaryl/α,β-unsaturated/α-hetero) is 1. The van der Waals surface area contributed by atoms with Gasteiger partial charge in [0.15, 0.2) is 5.78 Å². The number of rotatable bonds is 8. The molecule has 4 rings (SSSR count). The number of hydrogen-bond donors (Lipinski definition) is 0. The molecule has 0 radical (unpaired) electrons. The Balaban J connectivity index is 1.70. The molecule has 0 unspecified atom stereocenters. The monoisotopic (exact) mass is 544 g/mol.